The van der Waals surface area contributed by atoms with E-state index in [0.29, 0.717) is 12.2 Å². The number of rotatable bonds is 3. The summed E-state index contributed by atoms with van der Waals surface area (Å²) in [6.07, 6.45) is 0.880. The van der Waals surface area contributed by atoms with Crippen LogP contribution in [0, 0.1) is 0 Å². The van der Waals surface area contributed by atoms with Gasteiger partial charge in [0.1, 0.15) is 10.3 Å². The van der Waals surface area contributed by atoms with Crippen LogP contribution in [0.1, 0.15) is 13.3 Å². The highest BCUT2D eigenvalue weighted by Crippen LogP contribution is 2.18. The van der Waals surface area contributed by atoms with E-state index in [1.165, 1.54) is 12.1 Å². The summed E-state index contributed by atoms with van der Waals surface area (Å²) in [6, 6.07) is 2.77. The molecule has 0 aliphatic carbocycles. The Morgan fingerprint density at radius 1 is 1.40 bits per heavy atom. The number of carbonyl (C=O) groups is 1. The van der Waals surface area contributed by atoms with Crippen molar-refractivity contribution in [2.75, 3.05) is 11.9 Å². The van der Waals surface area contributed by atoms with Crippen molar-refractivity contribution in [3.63, 3.8) is 0 Å². The van der Waals surface area contributed by atoms with E-state index in [0.717, 1.165) is 6.42 Å². The van der Waals surface area contributed by atoms with Gasteiger partial charge in [-0.3, -0.25) is 0 Å². The minimum atomic E-state index is -0.282. The van der Waals surface area contributed by atoms with Gasteiger partial charge in [-0.2, -0.15) is 0 Å². The first kappa shape index (κ1) is 12.1. The number of hydrogen-bond acceptors (Lipinski definition) is 2. The summed E-state index contributed by atoms with van der Waals surface area (Å²) < 4.78 is 0. The summed E-state index contributed by atoms with van der Waals surface area (Å²) in [7, 11) is 0. The van der Waals surface area contributed by atoms with Crippen LogP contribution in [0.5, 0.6) is 0 Å². The molecule has 2 amide bonds. The van der Waals surface area contributed by atoms with Crippen LogP contribution in [0.3, 0.4) is 0 Å². The van der Waals surface area contributed by atoms with Crippen LogP contribution < -0.4 is 10.6 Å². The lowest BCUT2D eigenvalue weighted by molar-refractivity contribution is 0.252. The minimum Gasteiger partial charge on any atom is -0.338 e. The Labute approximate surface area is 98.0 Å². The smallest absolute Gasteiger partial charge is 0.319 e. The van der Waals surface area contributed by atoms with Crippen molar-refractivity contribution in [3.8, 4) is 0 Å². The maximum Gasteiger partial charge on any atom is 0.319 e. The maximum absolute atomic E-state index is 11.3. The Balaban J connectivity index is 2.60. The highest BCUT2D eigenvalue weighted by molar-refractivity contribution is 6.32. The summed E-state index contributed by atoms with van der Waals surface area (Å²) in [5.74, 6) is 0. The van der Waals surface area contributed by atoms with Crippen molar-refractivity contribution < 1.29 is 4.79 Å². The number of amides is 2. The first-order valence-corrected chi connectivity index (χ1v) is 5.25. The monoisotopic (exact) mass is 247 g/mol. The number of halogens is 2. The molecular weight excluding hydrogens is 237 g/mol. The number of pyridine rings is 1. The Morgan fingerprint density at radius 2 is 2.00 bits per heavy atom. The van der Waals surface area contributed by atoms with Crippen LogP contribution >= 0.6 is 23.2 Å². The Kier molecular flexibility index (Phi) is 4.65. The highest BCUT2D eigenvalue weighted by atomic mass is 35.5. The summed E-state index contributed by atoms with van der Waals surface area (Å²) >= 11 is 11.3. The van der Waals surface area contributed by atoms with E-state index in [9.17, 15) is 4.79 Å². The number of urea groups is 1. The number of anilines is 1. The number of nitrogens with one attached hydrogen (secondary N) is 2. The lowest BCUT2D eigenvalue weighted by atomic mass is 10.4. The Morgan fingerprint density at radius 3 is 2.53 bits per heavy atom. The van der Waals surface area contributed by atoms with Crippen molar-refractivity contribution in [3.05, 3.63) is 22.4 Å². The number of nitrogens with zero attached hydrogens (tertiary/aromatic N) is 1. The average molecular weight is 248 g/mol. The van der Waals surface area contributed by atoms with Gasteiger partial charge < -0.3 is 10.6 Å². The second-order valence-corrected chi connectivity index (χ2v) is 3.66. The number of aromatic nitrogens is 1. The van der Waals surface area contributed by atoms with Crippen molar-refractivity contribution >= 4 is 34.9 Å². The molecule has 0 unspecified atom stereocenters. The molecule has 2 N–H and O–H groups in total. The van der Waals surface area contributed by atoms with Crippen LogP contribution in [-0.4, -0.2) is 17.6 Å². The molecule has 1 heterocycles. The second kappa shape index (κ2) is 5.78. The third kappa shape index (κ3) is 4.36. The van der Waals surface area contributed by atoms with E-state index in [-0.39, 0.29) is 16.3 Å². The van der Waals surface area contributed by atoms with Crippen LogP contribution in [-0.2, 0) is 0 Å². The van der Waals surface area contributed by atoms with Gasteiger partial charge >= 0.3 is 6.03 Å². The average Bonchev–Trinajstić information content (AvgIpc) is 2.13. The molecule has 1 rings (SSSR count). The molecular formula is C9H11Cl2N3O. The van der Waals surface area contributed by atoms with Crippen LogP contribution in [0.15, 0.2) is 12.1 Å². The largest absolute Gasteiger partial charge is 0.338 e. The third-order valence-corrected chi connectivity index (χ3v) is 1.94. The molecule has 82 valence electrons. The normalized spacial score (nSPS) is 9.80. The molecule has 15 heavy (non-hydrogen) atoms. The molecule has 0 saturated heterocycles. The Hall–Kier alpha value is -1.00. The maximum atomic E-state index is 11.3. The molecule has 0 saturated carbocycles. The molecule has 1 aromatic heterocycles. The second-order valence-electron chi connectivity index (χ2n) is 2.88. The van der Waals surface area contributed by atoms with Gasteiger partial charge in [0, 0.05) is 12.2 Å². The fourth-order valence-electron chi connectivity index (χ4n) is 0.951. The molecule has 1 aromatic rings. The van der Waals surface area contributed by atoms with E-state index in [2.05, 4.69) is 15.6 Å². The standard InChI is InChI=1S/C9H11Cl2N3O/c1-2-3-12-9(15)13-6-4-7(10)14-8(11)5-6/h4-5H,2-3H2,1H3,(H2,12,13,14,15). The van der Waals surface area contributed by atoms with Crippen molar-refractivity contribution in [1.82, 2.24) is 10.3 Å². The Bertz CT molecular complexity index is 337. The van der Waals surface area contributed by atoms with Crippen LogP contribution in [0.25, 0.3) is 0 Å². The van der Waals surface area contributed by atoms with Gasteiger partial charge in [0.05, 0.1) is 0 Å². The lowest BCUT2D eigenvalue weighted by Gasteiger charge is -2.06. The van der Waals surface area contributed by atoms with Gasteiger partial charge in [0.25, 0.3) is 0 Å². The molecule has 0 aliphatic heterocycles. The molecule has 6 heteroatoms. The molecule has 0 radical (unpaired) electrons. The van der Waals surface area contributed by atoms with E-state index < -0.39 is 0 Å². The van der Waals surface area contributed by atoms with E-state index in [1.807, 2.05) is 6.92 Å². The SMILES string of the molecule is CCCNC(=O)Nc1cc(Cl)nc(Cl)c1. The van der Waals surface area contributed by atoms with Crippen molar-refractivity contribution in [2.24, 2.45) is 0 Å². The van der Waals surface area contributed by atoms with Gasteiger partial charge in [-0.15, -0.1) is 0 Å². The predicted octanol–water partition coefficient (Wildman–Crippen LogP) is 2.92. The zero-order chi connectivity index (χ0) is 11.3. The number of hydrogen-bond donors (Lipinski definition) is 2. The van der Waals surface area contributed by atoms with Crippen LogP contribution in [0.4, 0.5) is 10.5 Å². The molecule has 0 spiro atoms. The lowest BCUT2D eigenvalue weighted by Crippen LogP contribution is -2.29. The highest BCUT2D eigenvalue weighted by Gasteiger charge is 2.03. The van der Waals surface area contributed by atoms with Crippen molar-refractivity contribution in [2.45, 2.75) is 13.3 Å². The van der Waals surface area contributed by atoms with E-state index in [1.54, 1.807) is 0 Å². The third-order valence-electron chi connectivity index (χ3n) is 1.56. The molecule has 0 bridgehead atoms. The fraction of sp³-hybridized carbons (Fsp3) is 0.333. The minimum absolute atomic E-state index is 0.244. The molecule has 0 fully saturated rings. The topological polar surface area (TPSA) is 54.0 Å². The first-order valence-electron chi connectivity index (χ1n) is 4.49. The zero-order valence-electron chi connectivity index (χ0n) is 8.18. The van der Waals surface area contributed by atoms with E-state index >= 15 is 0 Å². The van der Waals surface area contributed by atoms with Gasteiger partial charge in [-0.05, 0) is 18.6 Å². The number of carbonyl (C=O) groups excluding carboxylic acids is 1. The summed E-state index contributed by atoms with van der Waals surface area (Å²) in [5, 5.41) is 5.75. The molecule has 0 aliphatic rings. The fourth-order valence-corrected chi connectivity index (χ4v) is 1.41. The van der Waals surface area contributed by atoms with Gasteiger partial charge in [-0.1, -0.05) is 30.1 Å². The zero-order valence-corrected chi connectivity index (χ0v) is 9.69. The first-order chi connectivity index (χ1) is 7.11. The molecule has 0 atom stereocenters. The van der Waals surface area contributed by atoms with E-state index in [4.69, 9.17) is 23.2 Å². The van der Waals surface area contributed by atoms with Gasteiger partial charge in [-0.25, -0.2) is 9.78 Å². The summed E-state index contributed by atoms with van der Waals surface area (Å²) in [5.41, 5.74) is 0.522. The molecule has 0 aromatic carbocycles. The van der Waals surface area contributed by atoms with Crippen LogP contribution in [0.2, 0.25) is 10.3 Å². The molecule has 4 nitrogen and oxygen atoms in total. The van der Waals surface area contributed by atoms with Gasteiger partial charge in [0.15, 0.2) is 0 Å². The van der Waals surface area contributed by atoms with Crippen molar-refractivity contribution in [1.29, 1.82) is 0 Å². The summed E-state index contributed by atoms with van der Waals surface area (Å²) in [4.78, 5) is 15.0. The summed E-state index contributed by atoms with van der Waals surface area (Å²) in [6.45, 7) is 2.60. The quantitative estimate of drug-likeness (QED) is 0.808. The predicted molar refractivity (Wildman–Crippen MR) is 61.6 cm³/mol. The van der Waals surface area contributed by atoms with Gasteiger partial charge in [0.2, 0.25) is 0 Å².